The highest BCUT2D eigenvalue weighted by atomic mass is 16.4. The molecule has 1 atom stereocenters. The first kappa shape index (κ1) is 13.0. The molecule has 0 aliphatic heterocycles. The van der Waals surface area contributed by atoms with Crippen LogP contribution in [0.4, 0.5) is 0 Å². The normalized spacial score (nSPS) is 11.6. The first-order valence-electron chi connectivity index (χ1n) is 4.83. The van der Waals surface area contributed by atoms with Crippen molar-refractivity contribution in [1.82, 2.24) is 4.98 Å². The summed E-state index contributed by atoms with van der Waals surface area (Å²) in [5.41, 5.74) is 0.972. The standard InChI is InChI=1S/C8H7NO.C3H6O4/c10-8-5-9-7-4-2-1-3-6(7)8;4-1-2(5)3(6)7/h1-5,9-10H;2,4-5H,1H2,(H,6,7). The number of hydrogen-bond acceptors (Lipinski definition) is 4. The van der Waals surface area contributed by atoms with E-state index in [0.717, 1.165) is 10.9 Å². The van der Waals surface area contributed by atoms with E-state index in [4.69, 9.17) is 15.3 Å². The zero-order chi connectivity index (χ0) is 12.8. The van der Waals surface area contributed by atoms with Crippen LogP contribution in [0, 0.1) is 0 Å². The molecule has 2 aromatic rings. The van der Waals surface area contributed by atoms with Gasteiger partial charge in [-0.3, -0.25) is 0 Å². The van der Waals surface area contributed by atoms with Gasteiger partial charge < -0.3 is 25.4 Å². The van der Waals surface area contributed by atoms with Crippen LogP contribution in [0.25, 0.3) is 10.9 Å². The van der Waals surface area contributed by atoms with Gasteiger partial charge >= 0.3 is 5.97 Å². The number of para-hydroxylation sites is 1. The van der Waals surface area contributed by atoms with Crippen molar-refractivity contribution in [2.75, 3.05) is 6.61 Å². The van der Waals surface area contributed by atoms with Crippen LogP contribution >= 0.6 is 0 Å². The number of aliphatic carboxylic acids is 1. The van der Waals surface area contributed by atoms with Crippen LogP contribution in [0.5, 0.6) is 5.75 Å². The molecule has 0 aliphatic rings. The van der Waals surface area contributed by atoms with Gasteiger partial charge in [-0.2, -0.15) is 0 Å². The molecule has 1 unspecified atom stereocenters. The summed E-state index contributed by atoms with van der Waals surface area (Å²) in [6, 6.07) is 7.63. The van der Waals surface area contributed by atoms with E-state index in [0.29, 0.717) is 5.75 Å². The number of aliphatic hydroxyl groups is 2. The molecule has 0 amide bonds. The number of aliphatic hydroxyl groups excluding tert-OH is 2. The van der Waals surface area contributed by atoms with E-state index >= 15 is 0 Å². The number of H-pyrrole nitrogens is 1. The fourth-order valence-electron chi connectivity index (χ4n) is 1.13. The molecule has 1 aromatic carbocycles. The quantitative estimate of drug-likeness (QED) is 0.517. The predicted molar refractivity (Wildman–Crippen MR) is 60.7 cm³/mol. The zero-order valence-corrected chi connectivity index (χ0v) is 8.87. The van der Waals surface area contributed by atoms with Gasteiger partial charge in [0.05, 0.1) is 6.61 Å². The Balaban J connectivity index is 0.000000185. The summed E-state index contributed by atoms with van der Waals surface area (Å²) in [5.74, 6) is -1.09. The van der Waals surface area contributed by atoms with E-state index in [1.807, 2.05) is 24.3 Å². The highest BCUT2D eigenvalue weighted by molar-refractivity contribution is 5.85. The molecule has 1 heterocycles. The summed E-state index contributed by atoms with van der Waals surface area (Å²) in [4.78, 5) is 12.5. The lowest BCUT2D eigenvalue weighted by Crippen LogP contribution is -2.22. The molecule has 0 fully saturated rings. The van der Waals surface area contributed by atoms with E-state index in [2.05, 4.69) is 4.98 Å². The number of fused-ring (bicyclic) bond motifs is 1. The van der Waals surface area contributed by atoms with Crippen molar-refractivity contribution in [3.05, 3.63) is 30.5 Å². The number of aromatic nitrogens is 1. The Labute approximate surface area is 96.8 Å². The molecule has 1 aromatic heterocycles. The van der Waals surface area contributed by atoms with Crippen LogP contribution in [-0.4, -0.2) is 44.1 Å². The lowest BCUT2D eigenvalue weighted by atomic mass is 10.2. The summed E-state index contributed by atoms with van der Waals surface area (Å²) < 4.78 is 0. The van der Waals surface area contributed by atoms with Gasteiger partial charge in [0.25, 0.3) is 0 Å². The molecule has 6 nitrogen and oxygen atoms in total. The van der Waals surface area contributed by atoms with Crippen LogP contribution in [0.2, 0.25) is 0 Å². The molecule has 0 spiro atoms. The number of carbonyl (C=O) groups is 1. The fourth-order valence-corrected chi connectivity index (χ4v) is 1.13. The minimum atomic E-state index is -1.63. The Kier molecular flexibility index (Phi) is 4.50. The largest absolute Gasteiger partial charge is 0.506 e. The van der Waals surface area contributed by atoms with Gasteiger partial charge in [0.2, 0.25) is 0 Å². The van der Waals surface area contributed by atoms with Crippen molar-refractivity contribution >= 4 is 16.9 Å². The van der Waals surface area contributed by atoms with E-state index in [-0.39, 0.29) is 0 Å². The van der Waals surface area contributed by atoms with Crippen LogP contribution in [0.3, 0.4) is 0 Å². The Morgan fingerprint density at radius 2 is 2.00 bits per heavy atom. The molecule has 5 N–H and O–H groups in total. The number of hydrogen-bond donors (Lipinski definition) is 5. The van der Waals surface area contributed by atoms with Crippen LogP contribution in [0.1, 0.15) is 0 Å². The highest BCUT2D eigenvalue weighted by Gasteiger charge is 2.08. The van der Waals surface area contributed by atoms with Gasteiger partial charge in [0.1, 0.15) is 5.75 Å². The average Bonchev–Trinajstić information content (AvgIpc) is 2.71. The second kappa shape index (κ2) is 5.88. The number of nitrogens with one attached hydrogen (secondary N) is 1. The van der Waals surface area contributed by atoms with Gasteiger partial charge in [-0.1, -0.05) is 12.1 Å². The van der Waals surface area contributed by atoms with Crippen molar-refractivity contribution < 1.29 is 25.2 Å². The number of carboxylic acids is 1. The van der Waals surface area contributed by atoms with Crippen LogP contribution in [0.15, 0.2) is 30.5 Å². The maximum Gasteiger partial charge on any atom is 0.334 e. The van der Waals surface area contributed by atoms with Crippen molar-refractivity contribution in [2.45, 2.75) is 6.10 Å². The van der Waals surface area contributed by atoms with Crippen LogP contribution < -0.4 is 0 Å². The number of carboxylic acid groups (broad SMARTS) is 1. The lowest BCUT2D eigenvalue weighted by molar-refractivity contribution is -0.148. The Morgan fingerprint density at radius 3 is 2.47 bits per heavy atom. The third-order valence-corrected chi connectivity index (χ3v) is 2.03. The van der Waals surface area contributed by atoms with Gasteiger partial charge in [-0.05, 0) is 12.1 Å². The molecule has 0 radical (unpaired) electrons. The van der Waals surface area contributed by atoms with E-state index in [1.54, 1.807) is 6.20 Å². The molecule has 0 bridgehead atoms. The summed E-state index contributed by atoms with van der Waals surface area (Å²) in [5, 5.41) is 33.8. The lowest BCUT2D eigenvalue weighted by Gasteiger charge is -1.95. The maximum atomic E-state index is 9.52. The second-order valence-corrected chi connectivity index (χ2v) is 3.26. The minimum absolute atomic E-state index is 0.315. The Morgan fingerprint density at radius 1 is 1.35 bits per heavy atom. The fraction of sp³-hybridized carbons (Fsp3) is 0.182. The highest BCUT2D eigenvalue weighted by Crippen LogP contribution is 2.22. The molecule has 0 saturated carbocycles. The monoisotopic (exact) mass is 239 g/mol. The van der Waals surface area contributed by atoms with Gasteiger partial charge in [-0.25, -0.2) is 4.79 Å². The first-order valence-corrected chi connectivity index (χ1v) is 4.83. The minimum Gasteiger partial charge on any atom is -0.506 e. The summed E-state index contributed by atoms with van der Waals surface area (Å²) >= 11 is 0. The maximum absolute atomic E-state index is 9.52. The summed E-state index contributed by atoms with van der Waals surface area (Å²) in [7, 11) is 0. The smallest absolute Gasteiger partial charge is 0.334 e. The number of benzene rings is 1. The van der Waals surface area contributed by atoms with Gasteiger partial charge in [-0.15, -0.1) is 0 Å². The molecule has 2 rings (SSSR count). The van der Waals surface area contributed by atoms with Crippen LogP contribution in [-0.2, 0) is 4.79 Å². The van der Waals surface area contributed by atoms with E-state index in [1.165, 1.54) is 0 Å². The zero-order valence-electron chi connectivity index (χ0n) is 8.87. The SMILES string of the molecule is O=C(O)C(O)CO.Oc1c[nH]c2ccccc12. The molecular formula is C11H13NO5. The summed E-state index contributed by atoms with van der Waals surface area (Å²) in [6.07, 6.45) is -0.0370. The number of rotatable bonds is 2. The Hall–Kier alpha value is -2.05. The van der Waals surface area contributed by atoms with Gasteiger partial charge in [0.15, 0.2) is 6.10 Å². The summed E-state index contributed by atoms with van der Waals surface area (Å²) in [6.45, 7) is -0.727. The van der Waals surface area contributed by atoms with E-state index in [9.17, 15) is 9.90 Å². The Bertz CT molecular complexity index is 493. The third kappa shape index (κ3) is 3.47. The average molecular weight is 239 g/mol. The topological polar surface area (TPSA) is 114 Å². The second-order valence-electron chi connectivity index (χ2n) is 3.26. The molecule has 17 heavy (non-hydrogen) atoms. The predicted octanol–water partition coefficient (Wildman–Crippen LogP) is 0.298. The third-order valence-electron chi connectivity index (χ3n) is 2.03. The molecule has 0 saturated heterocycles. The van der Waals surface area contributed by atoms with Crippen molar-refractivity contribution in [3.8, 4) is 5.75 Å². The molecular weight excluding hydrogens is 226 g/mol. The van der Waals surface area contributed by atoms with Gasteiger partial charge in [0, 0.05) is 17.1 Å². The number of aromatic hydroxyl groups is 1. The van der Waals surface area contributed by atoms with Crippen molar-refractivity contribution in [2.24, 2.45) is 0 Å². The molecule has 0 aliphatic carbocycles. The first-order chi connectivity index (χ1) is 8.06. The van der Waals surface area contributed by atoms with Crippen molar-refractivity contribution in [3.63, 3.8) is 0 Å². The molecule has 6 heteroatoms. The van der Waals surface area contributed by atoms with E-state index < -0.39 is 18.7 Å². The molecule has 92 valence electrons. The number of aromatic amines is 1. The van der Waals surface area contributed by atoms with Crippen molar-refractivity contribution in [1.29, 1.82) is 0 Å².